The van der Waals surface area contributed by atoms with E-state index >= 15 is 0 Å². The number of carbonyl (C=O) groups is 1. The lowest BCUT2D eigenvalue weighted by atomic mass is 10.2. The predicted molar refractivity (Wildman–Crippen MR) is 135 cm³/mol. The molecule has 0 saturated heterocycles. The molecule has 1 aliphatic rings. The smallest absolute Gasteiger partial charge is 0.260 e. The first kappa shape index (κ1) is 23.5. The van der Waals surface area contributed by atoms with Crippen molar-refractivity contribution in [2.24, 2.45) is 0 Å². The van der Waals surface area contributed by atoms with Crippen LogP contribution < -0.4 is 9.64 Å². The number of benzene rings is 2. The summed E-state index contributed by atoms with van der Waals surface area (Å²) in [5.41, 5.74) is 2.08. The Bertz CT molecular complexity index is 1470. The minimum atomic E-state index is -3.59. The van der Waals surface area contributed by atoms with E-state index in [0.29, 0.717) is 27.7 Å². The number of nitrogens with zero attached hydrogens (tertiary/aromatic N) is 3. The summed E-state index contributed by atoms with van der Waals surface area (Å²) in [5, 5.41) is 0.499. The van der Waals surface area contributed by atoms with Gasteiger partial charge in [-0.3, -0.25) is 9.69 Å². The van der Waals surface area contributed by atoms with E-state index in [2.05, 4.69) is 0 Å². The van der Waals surface area contributed by atoms with Crippen molar-refractivity contribution in [1.29, 1.82) is 0 Å². The van der Waals surface area contributed by atoms with Gasteiger partial charge in [0.25, 0.3) is 5.91 Å². The Morgan fingerprint density at radius 2 is 1.91 bits per heavy atom. The van der Waals surface area contributed by atoms with Gasteiger partial charge in [0, 0.05) is 18.7 Å². The van der Waals surface area contributed by atoms with Crippen molar-refractivity contribution in [2.45, 2.75) is 37.2 Å². The molecule has 0 atom stereocenters. The normalized spacial score (nSPS) is 13.9. The number of rotatable bonds is 8. The topological polar surface area (TPSA) is 92.9 Å². The summed E-state index contributed by atoms with van der Waals surface area (Å²) >= 11 is 1.40. The second-order valence-corrected chi connectivity index (χ2v) is 11.5. The van der Waals surface area contributed by atoms with Gasteiger partial charge >= 0.3 is 0 Å². The lowest BCUT2D eigenvalue weighted by Gasteiger charge is -2.19. The summed E-state index contributed by atoms with van der Waals surface area (Å²) in [6, 6.07) is 13.5. The molecule has 2 aromatic carbocycles. The number of aromatic nitrogens is 1. The predicted octanol–water partition coefficient (Wildman–Crippen LogP) is 4.84. The molecule has 0 unspecified atom stereocenters. The number of anilines is 1. The van der Waals surface area contributed by atoms with Crippen LogP contribution in [0.25, 0.3) is 10.2 Å². The van der Waals surface area contributed by atoms with E-state index in [-0.39, 0.29) is 23.4 Å². The fourth-order valence-corrected chi connectivity index (χ4v) is 6.35. The van der Waals surface area contributed by atoms with Gasteiger partial charge in [0.1, 0.15) is 17.0 Å². The van der Waals surface area contributed by atoms with Crippen LogP contribution in [0.3, 0.4) is 0 Å². The van der Waals surface area contributed by atoms with Crippen LogP contribution in [0.5, 0.6) is 5.75 Å². The zero-order valence-electron chi connectivity index (χ0n) is 19.6. The molecular weight excluding hydrogens is 486 g/mol. The average Bonchev–Trinajstić information content (AvgIpc) is 3.39. The van der Waals surface area contributed by atoms with Crippen LogP contribution >= 0.6 is 11.3 Å². The SMILES string of the molecule is COc1ccc(C)c2sc(N(Cc3ccco3)C(=O)c3ccc(S(=O)(=O)N(C)C4CC4)cc3)nc12. The number of carbonyl (C=O) groups excluding carboxylic acids is 1. The molecule has 35 heavy (non-hydrogen) atoms. The molecule has 5 rings (SSSR count). The number of hydrogen-bond acceptors (Lipinski definition) is 7. The van der Waals surface area contributed by atoms with Gasteiger partial charge in [-0.15, -0.1) is 0 Å². The molecule has 182 valence electrons. The summed E-state index contributed by atoms with van der Waals surface area (Å²) in [6.07, 6.45) is 3.31. The molecule has 1 amide bonds. The van der Waals surface area contributed by atoms with Crippen molar-refractivity contribution in [3.63, 3.8) is 0 Å². The number of sulfonamides is 1. The molecule has 1 fully saturated rings. The first-order valence-electron chi connectivity index (χ1n) is 11.2. The average molecular weight is 512 g/mol. The molecule has 2 aromatic heterocycles. The van der Waals surface area contributed by atoms with Crippen LogP contribution in [-0.2, 0) is 16.6 Å². The molecule has 4 aromatic rings. The van der Waals surface area contributed by atoms with E-state index < -0.39 is 10.0 Å². The van der Waals surface area contributed by atoms with Crippen molar-refractivity contribution in [3.05, 3.63) is 71.7 Å². The van der Waals surface area contributed by atoms with Gasteiger partial charge in [0.15, 0.2) is 5.13 Å². The number of furan rings is 1. The molecule has 0 aliphatic heterocycles. The number of methoxy groups -OCH3 is 1. The molecule has 1 aliphatic carbocycles. The number of hydrogen-bond donors (Lipinski definition) is 0. The Morgan fingerprint density at radius 3 is 2.54 bits per heavy atom. The third-order valence-corrected chi connectivity index (χ3v) is 9.26. The van der Waals surface area contributed by atoms with E-state index in [4.69, 9.17) is 14.1 Å². The van der Waals surface area contributed by atoms with Gasteiger partial charge in [-0.1, -0.05) is 17.4 Å². The first-order chi connectivity index (χ1) is 16.8. The fraction of sp³-hybridized carbons (Fsp3) is 0.280. The zero-order chi connectivity index (χ0) is 24.7. The highest BCUT2D eigenvalue weighted by atomic mass is 32.2. The van der Waals surface area contributed by atoms with Gasteiger partial charge in [-0.05, 0) is 67.8 Å². The van der Waals surface area contributed by atoms with E-state index in [1.807, 2.05) is 19.1 Å². The highest BCUT2D eigenvalue weighted by Gasteiger charge is 2.35. The largest absolute Gasteiger partial charge is 0.494 e. The minimum absolute atomic E-state index is 0.0598. The quantitative estimate of drug-likeness (QED) is 0.336. The summed E-state index contributed by atoms with van der Waals surface area (Å²) in [7, 11) is -0.406. The maximum Gasteiger partial charge on any atom is 0.260 e. The zero-order valence-corrected chi connectivity index (χ0v) is 21.2. The van der Waals surface area contributed by atoms with E-state index in [9.17, 15) is 13.2 Å². The molecule has 10 heteroatoms. The van der Waals surface area contributed by atoms with Crippen LogP contribution in [0.15, 0.2) is 64.1 Å². The molecule has 0 spiro atoms. The molecule has 0 bridgehead atoms. The summed E-state index contributed by atoms with van der Waals surface area (Å²) < 4.78 is 39.0. The van der Waals surface area contributed by atoms with Crippen molar-refractivity contribution in [2.75, 3.05) is 19.1 Å². The van der Waals surface area contributed by atoms with Crippen LogP contribution in [0.2, 0.25) is 0 Å². The van der Waals surface area contributed by atoms with Crippen molar-refractivity contribution in [3.8, 4) is 5.75 Å². The summed E-state index contributed by atoms with van der Waals surface area (Å²) in [4.78, 5) is 20.1. The molecule has 0 N–H and O–H groups in total. The Morgan fingerprint density at radius 1 is 1.17 bits per heavy atom. The standard InChI is InChI=1S/C25H25N3O5S2/c1-16-6-13-21(32-3)22-23(16)34-25(26-22)28(15-19-5-4-14-33-19)24(29)17-7-11-20(12-8-17)35(30,31)27(2)18-9-10-18/h4-8,11-14,18H,9-10,15H2,1-3H3. The lowest BCUT2D eigenvalue weighted by Crippen LogP contribution is -2.31. The van der Waals surface area contributed by atoms with E-state index in [1.165, 1.54) is 27.8 Å². The highest BCUT2D eigenvalue weighted by molar-refractivity contribution is 7.89. The highest BCUT2D eigenvalue weighted by Crippen LogP contribution is 2.37. The molecule has 1 saturated carbocycles. The second kappa shape index (κ2) is 9.10. The molecule has 2 heterocycles. The van der Waals surface area contributed by atoms with Crippen LogP contribution in [0.4, 0.5) is 5.13 Å². The number of ether oxygens (including phenoxy) is 1. The Hall–Kier alpha value is -3.21. The number of fused-ring (bicyclic) bond motifs is 1. The maximum absolute atomic E-state index is 13.7. The van der Waals surface area contributed by atoms with Crippen LogP contribution in [0, 0.1) is 6.92 Å². The van der Waals surface area contributed by atoms with Gasteiger partial charge in [0.2, 0.25) is 10.0 Å². The third kappa shape index (κ3) is 4.44. The monoisotopic (exact) mass is 511 g/mol. The Kier molecular flexibility index (Phi) is 6.12. The minimum Gasteiger partial charge on any atom is -0.494 e. The number of aryl methyl sites for hydroxylation is 1. The van der Waals surface area contributed by atoms with Gasteiger partial charge in [-0.2, -0.15) is 4.31 Å². The van der Waals surface area contributed by atoms with Crippen LogP contribution in [-0.4, -0.2) is 43.8 Å². The fourth-order valence-electron chi connectivity index (χ4n) is 3.89. The molecule has 8 nitrogen and oxygen atoms in total. The van der Waals surface area contributed by atoms with Gasteiger partial charge < -0.3 is 9.15 Å². The maximum atomic E-state index is 13.7. The van der Waals surface area contributed by atoms with Crippen molar-refractivity contribution in [1.82, 2.24) is 9.29 Å². The van der Waals surface area contributed by atoms with Gasteiger partial charge in [-0.25, -0.2) is 13.4 Å². The number of thiazole rings is 1. The first-order valence-corrected chi connectivity index (χ1v) is 13.4. The Labute approximate surface area is 207 Å². The Balaban J connectivity index is 1.51. The molecular formula is C25H25N3O5S2. The summed E-state index contributed by atoms with van der Waals surface area (Å²) in [5.74, 6) is 0.927. The molecule has 0 radical (unpaired) electrons. The number of amides is 1. The van der Waals surface area contributed by atoms with Crippen molar-refractivity contribution >= 4 is 42.6 Å². The van der Waals surface area contributed by atoms with Crippen molar-refractivity contribution < 1.29 is 22.4 Å². The van der Waals surface area contributed by atoms with E-state index in [1.54, 1.807) is 49.6 Å². The lowest BCUT2D eigenvalue weighted by molar-refractivity contribution is 0.0983. The van der Waals surface area contributed by atoms with Crippen LogP contribution in [0.1, 0.15) is 34.5 Å². The third-order valence-electron chi connectivity index (χ3n) is 6.12. The summed E-state index contributed by atoms with van der Waals surface area (Å²) in [6.45, 7) is 2.16. The second-order valence-electron chi connectivity index (χ2n) is 8.51. The van der Waals surface area contributed by atoms with E-state index in [0.717, 1.165) is 23.1 Å². The van der Waals surface area contributed by atoms with Gasteiger partial charge in [0.05, 0.1) is 29.5 Å².